The number of ether oxygens (including phenoxy) is 1. The lowest BCUT2D eigenvalue weighted by molar-refractivity contribution is -0.123. The number of nitrogens with one attached hydrogen (secondary N) is 2. The topological polar surface area (TPSA) is 84.5 Å². The highest BCUT2D eigenvalue weighted by Gasteiger charge is 2.28. The van der Waals surface area contributed by atoms with E-state index in [1.807, 2.05) is 32.0 Å². The van der Waals surface area contributed by atoms with E-state index in [0.29, 0.717) is 17.9 Å². The van der Waals surface area contributed by atoms with Crippen LogP contribution in [0.2, 0.25) is 0 Å². The van der Waals surface area contributed by atoms with E-state index in [2.05, 4.69) is 32.6 Å². The molecule has 4 amide bonds. The number of carbonyl (C=O) groups is 3. The highest BCUT2D eigenvalue weighted by Crippen LogP contribution is 2.27. The lowest BCUT2D eigenvalue weighted by Gasteiger charge is -2.15. The van der Waals surface area contributed by atoms with E-state index >= 15 is 0 Å². The molecule has 2 aromatic carbocycles. The molecule has 138 valence electrons. The van der Waals surface area contributed by atoms with Gasteiger partial charge in [-0.05, 0) is 54.8 Å². The van der Waals surface area contributed by atoms with Gasteiger partial charge in [0.1, 0.15) is 17.9 Å². The number of barbiturate groups is 1. The van der Waals surface area contributed by atoms with E-state index in [0.717, 1.165) is 10.0 Å². The second-order valence-electron chi connectivity index (χ2n) is 6.18. The number of hydrogen-bond acceptors (Lipinski definition) is 4. The molecule has 1 aliphatic rings. The molecule has 1 aliphatic heterocycles. The zero-order valence-corrected chi connectivity index (χ0v) is 16.3. The summed E-state index contributed by atoms with van der Waals surface area (Å²) in [6.45, 7) is 4.43. The highest BCUT2D eigenvalue weighted by atomic mass is 79.9. The van der Waals surface area contributed by atoms with Gasteiger partial charge in [-0.15, -0.1) is 0 Å². The summed E-state index contributed by atoms with van der Waals surface area (Å²) in [5.41, 5.74) is 3.77. The SMILES string of the molecule is Cc1ccc(COc2ccc(Br)cc2C=C2C(=O)NC(=O)NC2=O)cc1C. The van der Waals surface area contributed by atoms with E-state index in [1.54, 1.807) is 12.1 Å². The fraction of sp³-hybridized carbons (Fsp3) is 0.150. The van der Waals surface area contributed by atoms with Crippen LogP contribution in [0.4, 0.5) is 4.79 Å². The van der Waals surface area contributed by atoms with E-state index < -0.39 is 17.8 Å². The summed E-state index contributed by atoms with van der Waals surface area (Å²) < 4.78 is 6.67. The van der Waals surface area contributed by atoms with Crippen molar-refractivity contribution in [3.05, 3.63) is 68.7 Å². The van der Waals surface area contributed by atoms with Crippen molar-refractivity contribution in [2.45, 2.75) is 20.5 Å². The molecule has 1 fully saturated rings. The Morgan fingerprint density at radius 1 is 0.963 bits per heavy atom. The summed E-state index contributed by atoms with van der Waals surface area (Å²) in [4.78, 5) is 35.1. The number of halogens is 1. The molecular formula is C20H17BrN2O4. The normalized spacial score (nSPS) is 13.9. The summed E-state index contributed by atoms with van der Waals surface area (Å²) in [6.07, 6.45) is 1.40. The largest absolute Gasteiger partial charge is 0.488 e. The van der Waals surface area contributed by atoms with Crippen LogP contribution in [-0.4, -0.2) is 17.8 Å². The van der Waals surface area contributed by atoms with Gasteiger partial charge in [0.15, 0.2) is 0 Å². The van der Waals surface area contributed by atoms with Crippen molar-refractivity contribution < 1.29 is 19.1 Å². The number of imide groups is 2. The first-order valence-corrected chi connectivity index (χ1v) is 8.99. The van der Waals surface area contributed by atoms with Gasteiger partial charge >= 0.3 is 6.03 Å². The summed E-state index contributed by atoms with van der Waals surface area (Å²) in [5.74, 6) is -0.978. The Morgan fingerprint density at radius 3 is 2.33 bits per heavy atom. The maximum Gasteiger partial charge on any atom is 0.328 e. The quantitative estimate of drug-likeness (QED) is 0.577. The van der Waals surface area contributed by atoms with Crippen molar-refractivity contribution in [2.75, 3.05) is 0 Å². The molecular weight excluding hydrogens is 412 g/mol. The van der Waals surface area contributed by atoms with Gasteiger partial charge in [-0.1, -0.05) is 34.1 Å². The number of aryl methyl sites for hydroxylation is 2. The van der Waals surface area contributed by atoms with Crippen molar-refractivity contribution in [3.8, 4) is 5.75 Å². The van der Waals surface area contributed by atoms with Gasteiger partial charge in [-0.2, -0.15) is 0 Å². The lowest BCUT2D eigenvalue weighted by atomic mass is 10.1. The minimum atomic E-state index is -0.831. The van der Waals surface area contributed by atoms with Crippen molar-refractivity contribution in [2.24, 2.45) is 0 Å². The number of amides is 4. The average molecular weight is 429 g/mol. The van der Waals surface area contributed by atoms with Gasteiger partial charge < -0.3 is 4.74 Å². The Kier molecular flexibility index (Phi) is 5.41. The Bertz CT molecular complexity index is 960. The molecule has 0 aliphatic carbocycles. The molecule has 3 rings (SSSR count). The molecule has 0 radical (unpaired) electrons. The molecule has 0 saturated carbocycles. The van der Waals surface area contributed by atoms with Gasteiger partial charge in [-0.25, -0.2) is 4.79 Å². The van der Waals surface area contributed by atoms with Crippen LogP contribution in [0.5, 0.6) is 5.75 Å². The number of hydrogen-bond donors (Lipinski definition) is 2. The fourth-order valence-corrected chi connectivity index (χ4v) is 2.96. The van der Waals surface area contributed by atoms with Gasteiger partial charge in [0, 0.05) is 10.0 Å². The summed E-state index contributed by atoms with van der Waals surface area (Å²) >= 11 is 3.37. The molecule has 0 unspecified atom stereocenters. The third-order valence-electron chi connectivity index (χ3n) is 4.18. The predicted molar refractivity (Wildman–Crippen MR) is 104 cm³/mol. The second kappa shape index (κ2) is 7.75. The predicted octanol–water partition coefficient (Wildman–Crippen LogP) is 3.39. The maximum absolute atomic E-state index is 12.0. The molecule has 2 N–H and O–H groups in total. The fourth-order valence-electron chi connectivity index (χ4n) is 2.58. The first-order valence-electron chi connectivity index (χ1n) is 8.20. The molecule has 0 spiro atoms. The van der Waals surface area contributed by atoms with Gasteiger partial charge in [0.05, 0.1) is 0 Å². The third kappa shape index (κ3) is 4.43. The zero-order valence-electron chi connectivity index (χ0n) is 14.8. The Balaban J connectivity index is 1.88. The van der Waals surface area contributed by atoms with Crippen LogP contribution in [-0.2, 0) is 16.2 Å². The van der Waals surface area contributed by atoms with Crippen molar-refractivity contribution >= 4 is 39.9 Å². The Labute approximate surface area is 164 Å². The van der Waals surface area contributed by atoms with Crippen LogP contribution in [0.1, 0.15) is 22.3 Å². The average Bonchev–Trinajstić information content (AvgIpc) is 2.60. The lowest BCUT2D eigenvalue weighted by Crippen LogP contribution is -2.51. The molecule has 1 heterocycles. The number of carbonyl (C=O) groups excluding carboxylic acids is 3. The van der Waals surface area contributed by atoms with Crippen LogP contribution in [0.3, 0.4) is 0 Å². The van der Waals surface area contributed by atoms with Crippen LogP contribution in [0.25, 0.3) is 6.08 Å². The van der Waals surface area contributed by atoms with E-state index in [-0.39, 0.29) is 5.57 Å². The minimum absolute atomic E-state index is 0.163. The van der Waals surface area contributed by atoms with Gasteiger partial charge in [-0.3, -0.25) is 20.2 Å². The van der Waals surface area contributed by atoms with Crippen molar-refractivity contribution in [3.63, 3.8) is 0 Å². The van der Waals surface area contributed by atoms with Crippen LogP contribution in [0, 0.1) is 13.8 Å². The van der Waals surface area contributed by atoms with Crippen LogP contribution >= 0.6 is 15.9 Å². The summed E-state index contributed by atoms with van der Waals surface area (Å²) in [7, 11) is 0. The zero-order chi connectivity index (χ0) is 19.6. The molecule has 6 nitrogen and oxygen atoms in total. The maximum atomic E-state index is 12.0. The minimum Gasteiger partial charge on any atom is -0.488 e. The number of benzene rings is 2. The second-order valence-corrected chi connectivity index (χ2v) is 7.10. The number of rotatable bonds is 4. The van der Waals surface area contributed by atoms with Gasteiger partial charge in [0.25, 0.3) is 11.8 Å². The van der Waals surface area contributed by atoms with E-state index in [4.69, 9.17) is 4.74 Å². The first kappa shape index (κ1) is 18.8. The Morgan fingerprint density at radius 2 is 1.67 bits per heavy atom. The standard InChI is InChI=1S/C20H17BrN2O4/c1-11-3-4-13(7-12(11)2)10-27-17-6-5-15(21)8-14(17)9-16-18(24)22-20(26)23-19(16)25/h3-9H,10H2,1-2H3,(H2,22,23,24,25,26). The smallest absolute Gasteiger partial charge is 0.328 e. The Hall–Kier alpha value is -2.93. The molecule has 2 aromatic rings. The van der Waals surface area contributed by atoms with E-state index in [9.17, 15) is 14.4 Å². The van der Waals surface area contributed by atoms with Gasteiger partial charge in [0.2, 0.25) is 0 Å². The highest BCUT2D eigenvalue weighted by molar-refractivity contribution is 9.10. The monoisotopic (exact) mass is 428 g/mol. The molecule has 27 heavy (non-hydrogen) atoms. The molecule has 1 saturated heterocycles. The van der Waals surface area contributed by atoms with E-state index in [1.165, 1.54) is 17.2 Å². The first-order chi connectivity index (χ1) is 12.8. The molecule has 0 atom stereocenters. The summed E-state index contributed by atoms with van der Waals surface area (Å²) in [5, 5.41) is 4.11. The van der Waals surface area contributed by atoms with Crippen molar-refractivity contribution in [1.82, 2.24) is 10.6 Å². The van der Waals surface area contributed by atoms with Crippen LogP contribution < -0.4 is 15.4 Å². The molecule has 7 heteroatoms. The van der Waals surface area contributed by atoms with Crippen molar-refractivity contribution in [1.29, 1.82) is 0 Å². The molecule has 0 aromatic heterocycles. The third-order valence-corrected chi connectivity index (χ3v) is 4.67. The number of urea groups is 1. The molecule has 0 bridgehead atoms. The van der Waals surface area contributed by atoms with Crippen LogP contribution in [0.15, 0.2) is 46.4 Å². The summed E-state index contributed by atoms with van der Waals surface area (Å²) in [6, 6.07) is 10.5.